The van der Waals surface area contributed by atoms with E-state index in [2.05, 4.69) is 24.0 Å². The maximum Gasteiger partial charge on any atom is 0.277 e. The maximum atomic E-state index is 13.2. The Morgan fingerprint density at radius 3 is 2.24 bits per heavy atom. The molecule has 4 rings (SSSR count). The molecule has 1 heterocycles. The molecular formula is C24H20N2O2S. The van der Waals surface area contributed by atoms with E-state index in [0.717, 1.165) is 16.7 Å². The van der Waals surface area contributed by atoms with Gasteiger partial charge in [0.2, 0.25) is 5.89 Å². The Morgan fingerprint density at radius 2 is 1.55 bits per heavy atom. The standard InChI is InChI=1S/C24H20N2O2S/c1-16-13-14-20(15-17(16)2)23-25-26-24(28-23)29-22(19-11-7-4-8-12-19)21(27)18-9-5-3-6-10-18/h3-15,22H,1-2H3/t22-/m0/s1. The van der Waals surface area contributed by atoms with Gasteiger partial charge < -0.3 is 4.42 Å². The van der Waals surface area contributed by atoms with Gasteiger partial charge >= 0.3 is 0 Å². The summed E-state index contributed by atoms with van der Waals surface area (Å²) in [4.78, 5) is 13.2. The maximum absolute atomic E-state index is 13.2. The number of hydrogen-bond donors (Lipinski definition) is 0. The smallest absolute Gasteiger partial charge is 0.277 e. The van der Waals surface area contributed by atoms with Gasteiger partial charge in [-0.15, -0.1) is 10.2 Å². The van der Waals surface area contributed by atoms with Crippen molar-refractivity contribution in [1.29, 1.82) is 0 Å². The van der Waals surface area contributed by atoms with E-state index in [1.165, 1.54) is 17.3 Å². The van der Waals surface area contributed by atoms with E-state index in [4.69, 9.17) is 4.42 Å². The Hall–Kier alpha value is -3.18. The molecule has 0 amide bonds. The molecule has 1 atom stereocenters. The fraction of sp³-hybridized carbons (Fsp3) is 0.125. The zero-order valence-electron chi connectivity index (χ0n) is 16.2. The van der Waals surface area contributed by atoms with Crippen LogP contribution in [0.4, 0.5) is 0 Å². The Balaban J connectivity index is 1.64. The highest BCUT2D eigenvalue weighted by atomic mass is 32.2. The van der Waals surface area contributed by atoms with Crippen molar-refractivity contribution in [3.8, 4) is 11.5 Å². The summed E-state index contributed by atoms with van der Waals surface area (Å²) in [5.74, 6) is 0.460. The summed E-state index contributed by atoms with van der Waals surface area (Å²) in [7, 11) is 0. The summed E-state index contributed by atoms with van der Waals surface area (Å²) >= 11 is 1.28. The molecule has 1 aromatic heterocycles. The summed E-state index contributed by atoms with van der Waals surface area (Å²) in [5.41, 5.74) is 4.80. The molecule has 0 aliphatic carbocycles. The lowest BCUT2D eigenvalue weighted by atomic mass is 10.0. The lowest BCUT2D eigenvalue weighted by molar-refractivity contribution is 0.0989. The SMILES string of the molecule is Cc1ccc(-c2nnc(S[C@H](C(=O)c3ccccc3)c3ccccc3)o2)cc1C. The second-order valence-corrected chi connectivity index (χ2v) is 7.87. The first kappa shape index (κ1) is 19.2. The third-order valence-electron chi connectivity index (χ3n) is 4.78. The van der Waals surface area contributed by atoms with Gasteiger partial charge in [0.1, 0.15) is 5.25 Å². The molecule has 0 radical (unpaired) electrons. The zero-order chi connectivity index (χ0) is 20.2. The van der Waals surface area contributed by atoms with E-state index in [-0.39, 0.29) is 5.78 Å². The van der Waals surface area contributed by atoms with Crippen molar-refractivity contribution in [2.75, 3.05) is 0 Å². The van der Waals surface area contributed by atoms with Crippen molar-refractivity contribution in [3.63, 3.8) is 0 Å². The summed E-state index contributed by atoms with van der Waals surface area (Å²) in [5, 5.41) is 8.27. The number of ketones is 1. The van der Waals surface area contributed by atoms with Crippen LogP contribution < -0.4 is 0 Å². The number of carbonyl (C=O) groups is 1. The van der Waals surface area contributed by atoms with Gasteiger partial charge in [0.15, 0.2) is 5.78 Å². The first-order valence-electron chi connectivity index (χ1n) is 9.34. The van der Waals surface area contributed by atoms with Crippen LogP contribution in [-0.2, 0) is 0 Å². The van der Waals surface area contributed by atoms with Crippen LogP contribution in [0.2, 0.25) is 0 Å². The topological polar surface area (TPSA) is 56.0 Å². The molecule has 3 aromatic carbocycles. The van der Waals surface area contributed by atoms with E-state index in [1.807, 2.05) is 78.9 Å². The first-order chi connectivity index (χ1) is 14.1. The van der Waals surface area contributed by atoms with Crippen molar-refractivity contribution >= 4 is 17.5 Å². The number of rotatable bonds is 6. The summed E-state index contributed by atoms with van der Waals surface area (Å²) < 4.78 is 5.89. The van der Waals surface area contributed by atoms with Gasteiger partial charge in [-0.1, -0.05) is 66.7 Å². The van der Waals surface area contributed by atoms with Crippen LogP contribution >= 0.6 is 11.8 Å². The van der Waals surface area contributed by atoms with Crippen LogP contribution in [0.1, 0.15) is 32.3 Å². The molecule has 0 aliphatic rings. The molecule has 4 aromatic rings. The summed E-state index contributed by atoms with van der Waals surface area (Å²) in [6.07, 6.45) is 0. The van der Waals surface area contributed by atoms with Crippen molar-refractivity contribution in [2.45, 2.75) is 24.3 Å². The van der Waals surface area contributed by atoms with Crippen LogP contribution in [0, 0.1) is 13.8 Å². The largest absolute Gasteiger partial charge is 0.411 e. The average molecular weight is 401 g/mol. The van der Waals surface area contributed by atoms with E-state index < -0.39 is 5.25 Å². The van der Waals surface area contributed by atoms with E-state index in [1.54, 1.807) is 0 Å². The fourth-order valence-corrected chi connectivity index (χ4v) is 3.96. The lowest BCUT2D eigenvalue weighted by Crippen LogP contribution is -2.10. The van der Waals surface area contributed by atoms with Crippen LogP contribution in [0.5, 0.6) is 0 Å². The van der Waals surface area contributed by atoms with Gasteiger partial charge in [-0.2, -0.15) is 0 Å². The second kappa shape index (κ2) is 8.45. The summed E-state index contributed by atoms with van der Waals surface area (Å²) in [6.45, 7) is 4.11. The average Bonchev–Trinajstić information content (AvgIpc) is 3.23. The number of carbonyl (C=O) groups excluding carboxylic acids is 1. The molecule has 144 valence electrons. The molecule has 0 fully saturated rings. The van der Waals surface area contributed by atoms with E-state index >= 15 is 0 Å². The Kier molecular flexibility index (Phi) is 5.58. The van der Waals surface area contributed by atoms with Gasteiger partial charge in [0, 0.05) is 11.1 Å². The van der Waals surface area contributed by atoms with Gasteiger partial charge in [-0.3, -0.25) is 4.79 Å². The molecule has 0 saturated carbocycles. The van der Waals surface area contributed by atoms with Crippen molar-refractivity contribution in [1.82, 2.24) is 10.2 Å². The zero-order valence-corrected chi connectivity index (χ0v) is 17.0. The number of aromatic nitrogens is 2. The predicted molar refractivity (Wildman–Crippen MR) is 115 cm³/mol. The summed E-state index contributed by atoms with van der Waals surface area (Å²) in [6, 6.07) is 25.0. The molecule has 4 nitrogen and oxygen atoms in total. The van der Waals surface area contributed by atoms with Crippen LogP contribution in [-0.4, -0.2) is 16.0 Å². The van der Waals surface area contributed by atoms with Crippen molar-refractivity contribution < 1.29 is 9.21 Å². The quantitative estimate of drug-likeness (QED) is 0.290. The first-order valence-corrected chi connectivity index (χ1v) is 10.2. The molecular weight excluding hydrogens is 380 g/mol. The van der Waals surface area contributed by atoms with Gasteiger partial charge in [-0.25, -0.2) is 0 Å². The number of thioether (sulfide) groups is 1. The minimum Gasteiger partial charge on any atom is -0.411 e. The molecule has 0 aliphatic heterocycles. The molecule has 0 saturated heterocycles. The van der Waals surface area contributed by atoms with Gasteiger partial charge in [-0.05, 0) is 54.4 Å². The minimum atomic E-state index is -0.466. The fourth-order valence-electron chi connectivity index (χ4n) is 3.00. The van der Waals surface area contributed by atoms with Crippen molar-refractivity contribution in [3.05, 3.63) is 101 Å². The number of hydrogen-bond acceptors (Lipinski definition) is 5. The van der Waals surface area contributed by atoms with Gasteiger partial charge in [0.05, 0.1) is 0 Å². The Bertz CT molecular complexity index is 1120. The lowest BCUT2D eigenvalue weighted by Gasteiger charge is -2.14. The molecule has 0 spiro atoms. The third kappa shape index (κ3) is 4.30. The highest BCUT2D eigenvalue weighted by Gasteiger charge is 2.26. The molecule has 0 bridgehead atoms. The van der Waals surface area contributed by atoms with Gasteiger partial charge in [0.25, 0.3) is 5.22 Å². The van der Waals surface area contributed by atoms with E-state index in [9.17, 15) is 4.79 Å². The normalized spacial score (nSPS) is 11.9. The Labute approximate surface area is 174 Å². The molecule has 0 N–H and O–H groups in total. The number of Topliss-reactive ketones (excluding diaryl/α,β-unsaturated/α-hetero) is 1. The number of benzene rings is 3. The third-order valence-corrected chi connectivity index (χ3v) is 5.87. The second-order valence-electron chi connectivity index (χ2n) is 6.81. The highest BCUT2D eigenvalue weighted by Crippen LogP contribution is 2.38. The van der Waals surface area contributed by atoms with Crippen LogP contribution in [0.3, 0.4) is 0 Å². The number of nitrogens with zero attached hydrogens (tertiary/aromatic N) is 2. The van der Waals surface area contributed by atoms with Crippen LogP contribution in [0.25, 0.3) is 11.5 Å². The molecule has 29 heavy (non-hydrogen) atoms. The van der Waals surface area contributed by atoms with Crippen molar-refractivity contribution in [2.24, 2.45) is 0 Å². The minimum absolute atomic E-state index is 0.00716. The number of aryl methyl sites for hydroxylation is 2. The molecule has 0 unspecified atom stereocenters. The monoisotopic (exact) mass is 400 g/mol. The molecule has 5 heteroatoms. The van der Waals surface area contributed by atoms with Crippen LogP contribution in [0.15, 0.2) is 88.5 Å². The predicted octanol–water partition coefficient (Wildman–Crippen LogP) is 6.07. The Morgan fingerprint density at radius 1 is 0.862 bits per heavy atom. The van der Waals surface area contributed by atoms with E-state index in [0.29, 0.717) is 16.7 Å². The highest BCUT2D eigenvalue weighted by molar-refractivity contribution is 8.00.